The topological polar surface area (TPSA) is 41.6 Å². The molecule has 4 nitrogen and oxygen atoms in total. The maximum Gasteiger partial charge on any atom is 0.317 e. The largest absolute Gasteiger partial charge is 0.491 e. The summed E-state index contributed by atoms with van der Waals surface area (Å²) < 4.78 is 5.75. The third kappa shape index (κ3) is 5.11. The number of rotatable bonds is 7. The SMILES string of the molecule is CCCCN(C)C(=O)NCCOc1c(C)cccc1C. The Balaban J connectivity index is 2.30. The molecule has 0 aliphatic heterocycles. The predicted molar refractivity (Wildman–Crippen MR) is 82.3 cm³/mol. The van der Waals surface area contributed by atoms with E-state index < -0.39 is 0 Å². The van der Waals surface area contributed by atoms with Gasteiger partial charge < -0.3 is 15.0 Å². The zero-order valence-electron chi connectivity index (χ0n) is 13.0. The van der Waals surface area contributed by atoms with E-state index in [4.69, 9.17) is 4.74 Å². The molecule has 0 aliphatic rings. The molecule has 1 aromatic rings. The Bertz CT molecular complexity index is 412. The Kier molecular flexibility index (Phi) is 6.91. The Morgan fingerprint density at radius 1 is 1.30 bits per heavy atom. The van der Waals surface area contributed by atoms with Crippen LogP contribution >= 0.6 is 0 Å². The number of carbonyl (C=O) groups excluding carboxylic acids is 1. The highest BCUT2D eigenvalue weighted by atomic mass is 16.5. The third-order valence-electron chi connectivity index (χ3n) is 3.23. The second-order valence-electron chi connectivity index (χ2n) is 5.08. The van der Waals surface area contributed by atoms with Crippen LogP contribution in [-0.4, -0.2) is 37.7 Å². The number of carbonyl (C=O) groups is 1. The van der Waals surface area contributed by atoms with Gasteiger partial charge >= 0.3 is 6.03 Å². The summed E-state index contributed by atoms with van der Waals surface area (Å²) in [5, 5.41) is 2.86. The monoisotopic (exact) mass is 278 g/mol. The maximum absolute atomic E-state index is 11.8. The van der Waals surface area contributed by atoms with Crippen LogP contribution in [0.1, 0.15) is 30.9 Å². The highest BCUT2D eigenvalue weighted by Gasteiger charge is 2.07. The molecule has 0 saturated carbocycles. The fourth-order valence-electron chi connectivity index (χ4n) is 1.97. The van der Waals surface area contributed by atoms with Crippen LogP contribution in [0, 0.1) is 13.8 Å². The van der Waals surface area contributed by atoms with E-state index in [0.29, 0.717) is 13.2 Å². The van der Waals surface area contributed by atoms with Gasteiger partial charge in [0.15, 0.2) is 0 Å². The molecular formula is C16H26N2O2. The third-order valence-corrected chi connectivity index (χ3v) is 3.23. The Morgan fingerprint density at radius 3 is 2.55 bits per heavy atom. The molecule has 20 heavy (non-hydrogen) atoms. The zero-order valence-corrected chi connectivity index (χ0v) is 13.0. The van der Waals surface area contributed by atoms with Gasteiger partial charge in [0, 0.05) is 13.6 Å². The lowest BCUT2D eigenvalue weighted by molar-refractivity contribution is 0.204. The zero-order chi connectivity index (χ0) is 15.0. The number of hydrogen-bond donors (Lipinski definition) is 1. The van der Waals surface area contributed by atoms with Gasteiger partial charge in [-0.15, -0.1) is 0 Å². The summed E-state index contributed by atoms with van der Waals surface area (Å²) in [6.07, 6.45) is 2.12. The molecule has 0 aromatic heterocycles. The van der Waals surface area contributed by atoms with Crippen LogP contribution in [-0.2, 0) is 0 Å². The van der Waals surface area contributed by atoms with E-state index in [2.05, 4.69) is 12.2 Å². The van der Waals surface area contributed by atoms with Crippen LogP contribution in [0.15, 0.2) is 18.2 Å². The lowest BCUT2D eigenvalue weighted by atomic mass is 10.1. The van der Waals surface area contributed by atoms with Crippen LogP contribution in [0.25, 0.3) is 0 Å². The van der Waals surface area contributed by atoms with Crippen molar-refractivity contribution in [3.63, 3.8) is 0 Å². The van der Waals surface area contributed by atoms with Crippen molar-refractivity contribution >= 4 is 6.03 Å². The molecule has 0 radical (unpaired) electrons. The van der Waals surface area contributed by atoms with E-state index in [1.165, 1.54) is 0 Å². The molecule has 0 spiro atoms. The number of aryl methyl sites for hydroxylation is 2. The Labute approximate surface area is 122 Å². The minimum absolute atomic E-state index is 0.0384. The van der Waals surface area contributed by atoms with Crippen LogP contribution < -0.4 is 10.1 Å². The summed E-state index contributed by atoms with van der Waals surface area (Å²) in [5.74, 6) is 0.918. The van der Waals surface area contributed by atoms with Crippen molar-refractivity contribution in [2.75, 3.05) is 26.7 Å². The molecule has 0 heterocycles. The first-order chi connectivity index (χ1) is 9.56. The van der Waals surface area contributed by atoms with Crippen LogP contribution in [0.3, 0.4) is 0 Å². The summed E-state index contributed by atoms with van der Waals surface area (Å²) in [5.41, 5.74) is 2.24. The quantitative estimate of drug-likeness (QED) is 0.779. The van der Waals surface area contributed by atoms with E-state index in [1.807, 2.05) is 39.1 Å². The number of amides is 2. The summed E-state index contributed by atoms with van der Waals surface area (Å²) in [6.45, 7) is 7.96. The Hall–Kier alpha value is -1.71. The normalized spacial score (nSPS) is 10.2. The van der Waals surface area contributed by atoms with Crippen molar-refractivity contribution in [2.45, 2.75) is 33.6 Å². The number of ether oxygens (including phenoxy) is 1. The van der Waals surface area contributed by atoms with Gasteiger partial charge in [0.2, 0.25) is 0 Å². The van der Waals surface area contributed by atoms with E-state index in [9.17, 15) is 4.79 Å². The molecule has 1 N–H and O–H groups in total. The second-order valence-corrected chi connectivity index (χ2v) is 5.08. The highest BCUT2D eigenvalue weighted by Crippen LogP contribution is 2.21. The molecule has 0 atom stereocenters. The molecule has 0 fully saturated rings. The number of benzene rings is 1. The minimum Gasteiger partial charge on any atom is -0.491 e. The van der Waals surface area contributed by atoms with Crippen molar-refractivity contribution < 1.29 is 9.53 Å². The van der Waals surface area contributed by atoms with Crippen LogP contribution in [0.4, 0.5) is 4.79 Å². The summed E-state index contributed by atoms with van der Waals surface area (Å²) in [6, 6.07) is 6.03. The lowest BCUT2D eigenvalue weighted by Gasteiger charge is -2.18. The number of para-hydroxylation sites is 1. The maximum atomic E-state index is 11.8. The number of hydrogen-bond acceptors (Lipinski definition) is 2. The summed E-state index contributed by atoms with van der Waals surface area (Å²) in [4.78, 5) is 13.5. The first-order valence-electron chi connectivity index (χ1n) is 7.24. The van der Waals surface area contributed by atoms with Gasteiger partial charge in [0.05, 0.1) is 6.54 Å². The number of urea groups is 1. The molecule has 112 valence electrons. The fourth-order valence-corrected chi connectivity index (χ4v) is 1.97. The first-order valence-corrected chi connectivity index (χ1v) is 7.24. The average molecular weight is 278 g/mol. The van der Waals surface area contributed by atoms with Gasteiger partial charge in [-0.25, -0.2) is 4.79 Å². The molecule has 4 heteroatoms. The van der Waals surface area contributed by atoms with Gasteiger partial charge in [-0.05, 0) is 31.4 Å². The smallest absolute Gasteiger partial charge is 0.317 e. The number of unbranched alkanes of at least 4 members (excludes halogenated alkanes) is 1. The molecular weight excluding hydrogens is 252 g/mol. The van der Waals surface area contributed by atoms with Gasteiger partial charge in [-0.1, -0.05) is 31.5 Å². The average Bonchev–Trinajstić information content (AvgIpc) is 2.43. The molecule has 1 aromatic carbocycles. The van der Waals surface area contributed by atoms with Gasteiger partial charge in [-0.2, -0.15) is 0 Å². The van der Waals surface area contributed by atoms with Gasteiger partial charge in [-0.3, -0.25) is 0 Å². The minimum atomic E-state index is -0.0384. The van der Waals surface area contributed by atoms with Crippen molar-refractivity contribution in [2.24, 2.45) is 0 Å². The Morgan fingerprint density at radius 2 is 1.95 bits per heavy atom. The van der Waals surface area contributed by atoms with E-state index in [-0.39, 0.29) is 6.03 Å². The lowest BCUT2D eigenvalue weighted by Crippen LogP contribution is -2.39. The van der Waals surface area contributed by atoms with Crippen molar-refractivity contribution in [3.05, 3.63) is 29.3 Å². The van der Waals surface area contributed by atoms with Gasteiger partial charge in [0.25, 0.3) is 0 Å². The van der Waals surface area contributed by atoms with Gasteiger partial charge in [0.1, 0.15) is 12.4 Å². The molecule has 0 unspecified atom stereocenters. The molecule has 0 aliphatic carbocycles. The first kappa shape index (κ1) is 16.3. The van der Waals surface area contributed by atoms with E-state index in [0.717, 1.165) is 36.3 Å². The fraction of sp³-hybridized carbons (Fsp3) is 0.562. The van der Waals surface area contributed by atoms with Crippen molar-refractivity contribution in [1.29, 1.82) is 0 Å². The van der Waals surface area contributed by atoms with Crippen LogP contribution in [0.2, 0.25) is 0 Å². The van der Waals surface area contributed by atoms with E-state index >= 15 is 0 Å². The molecule has 1 rings (SSSR count). The second kappa shape index (κ2) is 8.46. The number of nitrogens with zero attached hydrogens (tertiary/aromatic N) is 1. The predicted octanol–water partition coefficient (Wildman–Crippen LogP) is 3.12. The number of nitrogens with one attached hydrogen (secondary N) is 1. The standard InChI is InChI=1S/C16H26N2O2/c1-5-6-11-18(4)16(19)17-10-12-20-15-13(2)8-7-9-14(15)3/h7-9H,5-6,10-12H2,1-4H3,(H,17,19). The molecule has 0 saturated heterocycles. The van der Waals surface area contributed by atoms with Crippen LogP contribution in [0.5, 0.6) is 5.75 Å². The molecule has 0 bridgehead atoms. The summed E-state index contributed by atoms with van der Waals surface area (Å²) >= 11 is 0. The van der Waals surface area contributed by atoms with E-state index in [1.54, 1.807) is 4.90 Å². The molecule has 2 amide bonds. The van der Waals surface area contributed by atoms with Crippen molar-refractivity contribution in [1.82, 2.24) is 10.2 Å². The summed E-state index contributed by atoms with van der Waals surface area (Å²) in [7, 11) is 1.82. The van der Waals surface area contributed by atoms with Crippen molar-refractivity contribution in [3.8, 4) is 5.75 Å². The highest BCUT2D eigenvalue weighted by molar-refractivity contribution is 5.73.